The van der Waals surface area contributed by atoms with Gasteiger partial charge in [0.1, 0.15) is 0 Å². The molecule has 2 amide bonds. The smallest absolute Gasteiger partial charge is 0.313 e. The van der Waals surface area contributed by atoms with Gasteiger partial charge in [-0.3, -0.25) is 9.59 Å². The van der Waals surface area contributed by atoms with Crippen LogP contribution in [-0.2, 0) is 9.59 Å². The minimum Gasteiger partial charge on any atom is -0.397 e. The number of nitrogen functional groups attached to an aromatic ring is 1. The zero-order chi connectivity index (χ0) is 14.4. The number of nitrogens with zero attached hydrogens (tertiary/aromatic N) is 1. The van der Waals surface area contributed by atoms with E-state index in [1.54, 1.807) is 25.1 Å². The summed E-state index contributed by atoms with van der Waals surface area (Å²) >= 11 is 0. The maximum absolute atomic E-state index is 11.8. The average Bonchev–Trinajstić information content (AvgIpc) is 2.38. The molecule has 0 radical (unpaired) electrons. The van der Waals surface area contributed by atoms with Crippen molar-refractivity contribution < 1.29 is 14.7 Å². The Balaban J connectivity index is 2.76. The lowest BCUT2D eigenvalue weighted by atomic mass is 10.2. The summed E-state index contributed by atoms with van der Waals surface area (Å²) in [7, 11) is 0. The molecule has 6 nitrogen and oxygen atoms in total. The number of anilines is 2. The predicted molar refractivity (Wildman–Crippen MR) is 73.6 cm³/mol. The summed E-state index contributed by atoms with van der Waals surface area (Å²) < 4.78 is 0. The van der Waals surface area contributed by atoms with E-state index in [9.17, 15) is 9.59 Å². The number of carbonyl (C=O) groups is 2. The average molecular weight is 265 g/mol. The van der Waals surface area contributed by atoms with Crippen LogP contribution in [0.3, 0.4) is 0 Å². The summed E-state index contributed by atoms with van der Waals surface area (Å²) in [5, 5.41) is 11.3. The van der Waals surface area contributed by atoms with Crippen LogP contribution in [0.4, 0.5) is 11.4 Å². The molecule has 1 aromatic carbocycles. The third kappa shape index (κ3) is 3.96. The Morgan fingerprint density at radius 3 is 2.63 bits per heavy atom. The first-order valence-electron chi connectivity index (χ1n) is 6.06. The maximum atomic E-state index is 11.8. The zero-order valence-corrected chi connectivity index (χ0v) is 11.1. The van der Waals surface area contributed by atoms with Crippen LogP contribution in [0.5, 0.6) is 0 Å². The molecule has 104 valence electrons. The second kappa shape index (κ2) is 6.75. The molecule has 0 saturated carbocycles. The normalized spacial score (nSPS) is 10.1. The van der Waals surface area contributed by atoms with Crippen molar-refractivity contribution in [1.29, 1.82) is 0 Å². The van der Waals surface area contributed by atoms with Crippen LogP contribution < -0.4 is 11.1 Å². The molecule has 0 fully saturated rings. The molecule has 1 aromatic rings. The Bertz CT molecular complexity index is 474. The highest BCUT2D eigenvalue weighted by Crippen LogP contribution is 2.19. The first kappa shape index (κ1) is 15.0. The third-order valence-corrected chi connectivity index (χ3v) is 2.69. The standard InChI is InChI=1S/C13H19N3O3/c1-3-16(6-7-17)13(19)12(18)15-11-5-4-9(2)8-10(11)14/h4-5,8,17H,3,6-7,14H2,1-2H3,(H,15,18). The molecule has 0 aliphatic carbocycles. The monoisotopic (exact) mass is 265 g/mol. The molecule has 19 heavy (non-hydrogen) atoms. The van der Waals surface area contributed by atoms with Gasteiger partial charge in [0, 0.05) is 13.1 Å². The molecule has 0 aromatic heterocycles. The minimum atomic E-state index is -0.758. The number of benzene rings is 1. The maximum Gasteiger partial charge on any atom is 0.313 e. The zero-order valence-electron chi connectivity index (χ0n) is 11.1. The van der Waals surface area contributed by atoms with Crippen molar-refractivity contribution in [2.24, 2.45) is 0 Å². The second-order valence-corrected chi connectivity index (χ2v) is 4.15. The van der Waals surface area contributed by atoms with Crippen LogP contribution in [0.25, 0.3) is 0 Å². The number of carbonyl (C=O) groups excluding carboxylic acids is 2. The van der Waals surface area contributed by atoms with Gasteiger partial charge in [-0.25, -0.2) is 0 Å². The number of likely N-dealkylation sites (N-methyl/N-ethyl adjacent to an activating group) is 1. The van der Waals surface area contributed by atoms with E-state index in [-0.39, 0.29) is 13.2 Å². The number of nitrogens with one attached hydrogen (secondary N) is 1. The van der Waals surface area contributed by atoms with Crippen LogP contribution >= 0.6 is 0 Å². The number of aliphatic hydroxyl groups excluding tert-OH is 1. The highest BCUT2D eigenvalue weighted by Gasteiger charge is 2.20. The van der Waals surface area contributed by atoms with E-state index in [1.807, 2.05) is 6.92 Å². The molecule has 0 aliphatic heterocycles. The lowest BCUT2D eigenvalue weighted by molar-refractivity contribution is -0.143. The van der Waals surface area contributed by atoms with Crippen LogP contribution in [0, 0.1) is 6.92 Å². The number of aliphatic hydroxyl groups is 1. The molecule has 0 atom stereocenters. The summed E-state index contributed by atoms with van der Waals surface area (Å²) in [5.74, 6) is -1.44. The molecule has 0 bridgehead atoms. The van der Waals surface area contributed by atoms with Gasteiger partial charge < -0.3 is 21.1 Å². The van der Waals surface area contributed by atoms with Crippen LogP contribution in [0.15, 0.2) is 18.2 Å². The molecule has 0 aliphatic rings. The van der Waals surface area contributed by atoms with Gasteiger partial charge in [0.2, 0.25) is 0 Å². The van der Waals surface area contributed by atoms with E-state index >= 15 is 0 Å². The van der Waals surface area contributed by atoms with Gasteiger partial charge in [-0.1, -0.05) is 6.07 Å². The van der Waals surface area contributed by atoms with E-state index in [0.717, 1.165) is 5.56 Å². The molecular weight excluding hydrogens is 246 g/mol. The Hall–Kier alpha value is -2.08. The number of amides is 2. The quantitative estimate of drug-likeness (QED) is 0.541. The Morgan fingerprint density at radius 1 is 1.42 bits per heavy atom. The van der Waals surface area contributed by atoms with Gasteiger partial charge in [0.25, 0.3) is 0 Å². The Labute approximate surface area is 112 Å². The highest BCUT2D eigenvalue weighted by molar-refractivity contribution is 6.39. The minimum absolute atomic E-state index is 0.131. The van der Waals surface area contributed by atoms with E-state index in [2.05, 4.69) is 5.32 Å². The van der Waals surface area contributed by atoms with Crippen LogP contribution in [-0.4, -0.2) is 41.5 Å². The Kier molecular flexibility index (Phi) is 5.32. The fourth-order valence-corrected chi connectivity index (χ4v) is 1.64. The van der Waals surface area contributed by atoms with Crippen LogP contribution in [0.2, 0.25) is 0 Å². The molecule has 0 heterocycles. The summed E-state index contributed by atoms with van der Waals surface area (Å²) in [4.78, 5) is 24.9. The van der Waals surface area contributed by atoms with E-state index in [4.69, 9.17) is 10.8 Å². The fraction of sp³-hybridized carbons (Fsp3) is 0.385. The molecule has 0 unspecified atom stereocenters. The summed E-state index contributed by atoms with van der Waals surface area (Å²) in [5.41, 5.74) is 7.54. The van der Waals surface area contributed by atoms with Crippen LogP contribution in [0.1, 0.15) is 12.5 Å². The van der Waals surface area contributed by atoms with Gasteiger partial charge in [-0.05, 0) is 31.5 Å². The van der Waals surface area contributed by atoms with E-state index < -0.39 is 11.8 Å². The molecule has 4 N–H and O–H groups in total. The number of nitrogens with two attached hydrogens (primary N) is 1. The van der Waals surface area contributed by atoms with Gasteiger partial charge in [-0.2, -0.15) is 0 Å². The van der Waals surface area contributed by atoms with E-state index in [1.165, 1.54) is 4.90 Å². The van der Waals surface area contributed by atoms with Crippen molar-refractivity contribution >= 4 is 23.2 Å². The fourth-order valence-electron chi connectivity index (χ4n) is 1.64. The SMILES string of the molecule is CCN(CCO)C(=O)C(=O)Nc1ccc(C)cc1N. The van der Waals surface area contributed by atoms with Gasteiger partial charge in [0.05, 0.1) is 18.0 Å². The summed E-state index contributed by atoms with van der Waals surface area (Å²) in [6.07, 6.45) is 0. The number of aryl methyl sites for hydroxylation is 1. The number of hydrogen-bond donors (Lipinski definition) is 3. The van der Waals surface area contributed by atoms with Crippen molar-refractivity contribution in [2.75, 3.05) is 30.7 Å². The molecule has 1 rings (SSSR count). The molecule has 6 heteroatoms. The summed E-state index contributed by atoms with van der Waals surface area (Å²) in [6, 6.07) is 5.16. The van der Waals surface area contributed by atoms with Crippen molar-refractivity contribution in [1.82, 2.24) is 4.90 Å². The van der Waals surface area contributed by atoms with Crippen molar-refractivity contribution in [3.63, 3.8) is 0 Å². The largest absolute Gasteiger partial charge is 0.397 e. The lowest BCUT2D eigenvalue weighted by Crippen LogP contribution is -2.41. The Morgan fingerprint density at radius 2 is 2.11 bits per heavy atom. The number of rotatable bonds is 4. The summed E-state index contributed by atoms with van der Waals surface area (Å²) in [6.45, 7) is 3.93. The second-order valence-electron chi connectivity index (χ2n) is 4.15. The van der Waals surface area contributed by atoms with Gasteiger partial charge in [-0.15, -0.1) is 0 Å². The van der Waals surface area contributed by atoms with E-state index in [0.29, 0.717) is 17.9 Å². The lowest BCUT2D eigenvalue weighted by Gasteiger charge is -2.19. The van der Waals surface area contributed by atoms with Gasteiger partial charge >= 0.3 is 11.8 Å². The van der Waals surface area contributed by atoms with Crippen molar-refractivity contribution in [2.45, 2.75) is 13.8 Å². The molecule has 0 saturated heterocycles. The van der Waals surface area contributed by atoms with Gasteiger partial charge in [0.15, 0.2) is 0 Å². The molecule has 0 spiro atoms. The third-order valence-electron chi connectivity index (χ3n) is 2.69. The predicted octanol–water partition coefficient (Wildman–Crippen LogP) is 0.357. The topological polar surface area (TPSA) is 95.7 Å². The first-order chi connectivity index (χ1) is 8.99. The first-order valence-corrected chi connectivity index (χ1v) is 6.06. The van der Waals surface area contributed by atoms with Crippen molar-refractivity contribution in [3.8, 4) is 0 Å². The molecular formula is C13H19N3O3. The number of hydrogen-bond acceptors (Lipinski definition) is 4. The van der Waals surface area contributed by atoms with Crippen molar-refractivity contribution in [3.05, 3.63) is 23.8 Å². The highest BCUT2D eigenvalue weighted by atomic mass is 16.3.